The third-order valence-corrected chi connectivity index (χ3v) is 6.09. The number of nitrogens with zero attached hydrogens (tertiary/aromatic N) is 1. The fourth-order valence-electron chi connectivity index (χ4n) is 4.15. The van der Waals surface area contributed by atoms with E-state index in [1.165, 1.54) is 25.3 Å². The lowest BCUT2D eigenvalue weighted by Gasteiger charge is -2.27. The summed E-state index contributed by atoms with van der Waals surface area (Å²) < 4.78 is 11.6. The van der Waals surface area contributed by atoms with E-state index in [1.54, 1.807) is 61.5 Å². The molecule has 198 valence electrons. The van der Waals surface area contributed by atoms with Gasteiger partial charge in [-0.15, -0.1) is 6.58 Å². The standard InChI is InChI=1S/C30H26N2O7/c1-4-7-22-14-20(16-25(38-3)26(22)39-17-19-10-12-21(13-11-19)29(35)36)15-23-27(33)31-30(37)32(28(23)34)24-9-6-5-8-18(24)2/h4-6,8-16H,1,7,17H2,2-3H3,(H,35,36)(H,31,33,37)/b23-15+. The number of urea groups is 1. The number of aromatic carboxylic acids is 1. The molecule has 0 bridgehead atoms. The average Bonchev–Trinajstić information content (AvgIpc) is 2.91. The van der Waals surface area contributed by atoms with Gasteiger partial charge in [0.15, 0.2) is 11.5 Å². The molecule has 0 radical (unpaired) electrons. The lowest BCUT2D eigenvalue weighted by Crippen LogP contribution is -2.54. The van der Waals surface area contributed by atoms with Crippen LogP contribution in [-0.4, -0.2) is 36.0 Å². The minimum atomic E-state index is -1.02. The smallest absolute Gasteiger partial charge is 0.335 e. The Morgan fingerprint density at radius 1 is 1.08 bits per heavy atom. The summed E-state index contributed by atoms with van der Waals surface area (Å²) in [5.41, 5.74) is 2.96. The van der Waals surface area contributed by atoms with E-state index in [0.29, 0.717) is 40.3 Å². The van der Waals surface area contributed by atoms with Gasteiger partial charge in [-0.25, -0.2) is 14.5 Å². The predicted molar refractivity (Wildman–Crippen MR) is 145 cm³/mol. The van der Waals surface area contributed by atoms with E-state index >= 15 is 0 Å². The third kappa shape index (κ3) is 5.72. The van der Waals surface area contributed by atoms with E-state index < -0.39 is 23.8 Å². The number of hydrogen-bond donors (Lipinski definition) is 2. The highest BCUT2D eigenvalue weighted by atomic mass is 16.5. The predicted octanol–water partition coefficient (Wildman–Crippen LogP) is 4.68. The number of barbiturate groups is 1. The number of nitrogens with one attached hydrogen (secondary N) is 1. The van der Waals surface area contributed by atoms with Crippen LogP contribution < -0.4 is 19.7 Å². The molecule has 3 aromatic rings. The number of carbonyl (C=O) groups is 4. The Morgan fingerprint density at radius 2 is 1.79 bits per heavy atom. The largest absolute Gasteiger partial charge is 0.493 e. The van der Waals surface area contributed by atoms with Crippen molar-refractivity contribution in [1.29, 1.82) is 0 Å². The number of benzene rings is 3. The fourth-order valence-corrected chi connectivity index (χ4v) is 4.15. The first kappa shape index (κ1) is 26.9. The summed E-state index contributed by atoms with van der Waals surface area (Å²) in [7, 11) is 1.47. The quantitative estimate of drug-likeness (QED) is 0.236. The molecule has 39 heavy (non-hydrogen) atoms. The van der Waals surface area contributed by atoms with Gasteiger partial charge in [0.05, 0.1) is 18.4 Å². The van der Waals surface area contributed by atoms with Crippen molar-refractivity contribution in [2.75, 3.05) is 12.0 Å². The van der Waals surface area contributed by atoms with Gasteiger partial charge in [0, 0.05) is 5.56 Å². The van der Waals surface area contributed by atoms with Crippen molar-refractivity contribution >= 4 is 35.6 Å². The lowest BCUT2D eigenvalue weighted by atomic mass is 10.0. The number of allylic oxidation sites excluding steroid dienone is 1. The Bertz CT molecular complexity index is 1510. The van der Waals surface area contributed by atoms with Gasteiger partial charge in [-0.3, -0.25) is 14.9 Å². The topological polar surface area (TPSA) is 122 Å². The Kier molecular flexibility index (Phi) is 7.90. The van der Waals surface area contributed by atoms with Gasteiger partial charge in [0.1, 0.15) is 12.2 Å². The Labute approximate surface area is 225 Å². The van der Waals surface area contributed by atoms with Crippen molar-refractivity contribution in [3.8, 4) is 11.5 Å². The number of anilines is 1. The highest BCUT2D eigenvalue weighted by Gasteiger charge is 2.37. The number of methoxy groups -OCH3 is 1. The van der Waals surface area contributed by atoms with Crippen LogP contribution in [0.4, 0.5) is 10.5 Å². The Morgan fingerprint density at radius 3 is 2.44 bits per heavy atom. The number of rotatable bonds is 9. The summed E-state index contributed by atoms with van der Waals surface area (Å²) in [5.74, 6) is -1.76. The molecule has 9 heteroatoms. The van der Waals surface area contributed by atoms with Crippen LogP contribution in [-0.2, 0) is 22.6 Å². The van der Waals surface area contributed by atoms with Gasteiger partial charge in [0.25, 0.3) is 11.8 Å². The van der Waals surface area contributed by atoms with Crippen molar-refractivity contribution in [1.82, 2.24) is 5.32 Å². The summed E-state index contributed by atoms with van der Waals surface area (Å²) in [6.07, 6.45) is 3.48. The van der Waals surface area contributed by atoms with Crippen LogP contribution in [0, 0.1) is 6.92 Å². The summed E-state index contributed by atoms with van der Waals surface area (Å²) in [4.78, 5) is 50.6. The number of carboxylic acids is 1. The van der Waals surface area contributed by atoms with Crippen molar-refractivity contribution in [2.24, 2.45) is 0 Å². The Balaban J connectivity index is 1.68. The van der Waals surface area contributed by atoms with E-state index in [9.17, 15) is 19.2 Å². The van der Waals surface area contributed by atoms with Crippen LogP contribution in [0.2, 0.25) is 0 Å². The third-order valence-electron chi connectivity index (χ3n) is 6.09. The molecule has 1 saturated heterocycles. The van der Waals surface area contributed by atoms with Crippen LogP contribution in [0.1, 0.15) is 32.6 Å². The first-order valence-electron chi connectivity index (χ1n) is 12.0. The second kappa shape index (κ2) is 11.5. The molecular weight excluding hydrogens is 500 g/mol. The number of hydrogen-bond acceptors (Lipinski definition) is 6. The number of imide groups is 2. The summed E-state index contributed by atoms with van der Waals surface area (Å²) in [6.45, 7) is 5.71. The molecule has 4 rings (SSSR count). The van der Waals surface area contributed by atoms with Crippen LogP contribution in [0.25, 0.3) is 6.08 Å². The van der Waals surface area contributed by atoms with E-state index in [1.807, 2.05) is 0 Å². The first-order valence-corrected chi connectivity index (χ1v) is 12.0. The van der Waals surface area contributed by atoms with Gasteiger partial charge in [-0.2, -0.15) is 0 Å². The summed E-state index contributed by atoms with van der Waals surface area (Å²) in [5, 5.41) is 11.3. The zero-order chi connectivity index (χ0) is 28.1. The number of carbonyl (C=O) groups excluding carboxylic acids is 3. The van der Waals surface area contributed by atoms with E-state index in [2.05, 4.69) is 11.9 Å². The maximum absolute atomic E-state index is 13.3. The number of ether oxygens (including phenoxy) is 2. The van der Waals surface area contributed by atoms with E-state index in [0.717, 1.165) is 10.5 Å². The maximum Gasteiger partial charge on any atom is 0.335 e. The average molecular weight is 527 g/mol. The lowest BCUT2D eigenvalue weighted by molar-refractivity contribution is -0.122. The van der Waals surface area contributed by atoms with Gasteiger partial charge in [0.2, 0.25) is 0 Å². The fraction of sp³-hybridized carbons (Fsp3) is 0.133. The van der Waals surface area contributed by atoms with Crippen molar-refractivity contribution < 1.29 is 33.8 Å². The van der Waals surface area contributed by atoms with Gasteiger partial charge in [-0.1, -0.05) is 36.4 Å². The maximum atomic E-state index is 13.3. The normalized spacial score (nSPS) is 14.3. The monoisotopic (exact) mass is 526 g/mol. The Hall–Kier alpha value is -5.18. The highest BCUT2D eigenvalue weighted by Crippen LogP contribution is 2.35. The molecule has 0 saturated carbocycles. The van der Waals surface area contributed by atoms with E-state index in [-0.39, 0.29) is 17.7 Å². The van der Waals surface area contributed by atoms with Gasteiger partial charge < -0.3 is 14.6 Å². The molecule has 1 fully saturated rings. The van der Waals surface area contributed by atoms with Gasteiger partial charge in [-0.05, 0) is 66.4 Å². The zero-order valence-electron chi connectivity index (χ0n) is 21.4. The SMILES string of the molecule is C=CCc1cc(/C=C2\C(=O)NC(=O)N(c3ccccc3C)C2=O)cc(OC)c1OCc1ccc(C(=O)O)cc1. The number of aryl methyl sites for hydroxylation is 1. The molecule has 0 aromatic heterocycles. The molecule has 3 aromatic carbocycles. The van der Waals surface area contributed by atoms with Crippen molar-refractivity contribution in [3.63, 3.8) is 0 Å². The molecule has 0 aliphatic carbocycles. The molecule has 1 aliphatic rings. The molecule has 2 N–H and O–H groups in total. The van der Waals surface area contributed by atoms with Crippen LogP contribution in [0.15, 0.2) is 78.9 Å². The molecule has 1 heterocycles. The minimum absolute atomic E-state index is 0.148. The summed E-state index contributed by atoms with van der Waals surface area (Å²) >= 11 is 0. The highest BCUT2D eigenvalue weighted by molar-refractivity contribution is 6.39. The molecular formula is C30H26N2O7. The molecule has 0 unspecified atom stereocenters. The minimum Gasteiger partial charge on any atom is -0.493 e. The molecule has 9 nitrogen and oxygen atoms in total. The molecule has 0 atom stereocenters. The number of carboxylic acid groups (broad SMARTS) is 1. The summed E-state index contributed by atoms with van der Waals surface area (Å²) in [6, 6.07) is 15.8. The van der Waals surface area contributed by atoms with E-state index in [4.69, 9.17) is 14.6 Å². The van der Waals surface area contributed by atoms with Crippen LogP contribution >= 0.6 is 0 Å². The van der Waals surface area contributed by atoms with Crippen molar-refractivity contribution in [2.45, 2.75) is 20.0 Å². The zero-order valence-corrected chi connectivity index (χ0v) is 21.4. The van der Waals surface area contributed by atoms with Crippen molar-refractivity contribution in [3.05, 3.63) is 107 Å². The van der Waals surface area contributed by atoms with Crippen LogP contribution in [0.3, 0.4) is 0 Å². The molecule has 4 amide bonds. The number of para-hydroxylation sites is 1. The molecule has 1 aliphatic heterocycles. The second-order valence-corrected chi connectivity index (χ2v) is 8.74. The first-order chi connectivity index (χ1) is 18.7. The molecule has 0 spiro atoms. The number of amides is 4. The van der Waals surface area contributed by atoms with Gasteiger partial charge >= 0.3 is 12.0 Å². The second-order valence-electron chi connectivity index (χ2n) is 8.74. The van der Waals surface area contributed by atoms with Crippen LogP contribution in [0.5, 0.6) is 11.5 Å².